The number of carbonyl (C=O) groups excluding carboxylic acids is 1. The second-order valence-electron chi connectivity index (χ2n) is 4.59. The molecule has 0 radical (unpaired) electrons. The predicted molar refractivity (Wildman–Crippen MR) is 67.4 cm³/mol. The number of halogens is 1. The van der Waals surface area contributed by atoms with Crippen molar-refractivity contribution in [3.8, 4) is 0 Å². The summed E-state index contributed by atoms with van der Waals surface area (Å²) in [7, 11) is 0. The molecule has 1 saturated heterocycles. The molecule has 1 aromatic rings. The largest absolute Gasteiger partial charge is 0.371 e. The fourth-order valence-electron chi connectivity index (χ4n) is 2.34. The maximum absolute atomic E-state index is 13.3. The highest BCUT2D eigenvalue weighted by Gasteiger charge is 2.19. The van der Waals surface area contributed by atoms with Gasteiger partial charge in [0.25, 0.3) is 0 Å². The summed E-state index contributed by atoms with van der Waals surface area (Å²) in [6.45, 7) is 3.12. The molecule has 0 N–H and O–H groups in total. The van der Waals surface area contributed by atoms with E-state index in [0.29, 0.717) is 19.4 Å². The number of benzene rings is 1. The molecule has 2 rings (SSSR count). The Morgan fingerprint density at radius 2 is 2.06 bits per heavy atom. The number of hydrogen-bond acceptors (Lipinski definition) is 2. The Bertz CT molecular complexity index is 405. The topological polar surface area (TPSA) is 20.3 Å². The standard InChI is InChI=1S/C14H18FNO/c1-11(17)13-6-2-3-7-14(13)16-9-4-5-12(15)8-10-16/h2-3,6-7,12H,4-5,8-10H2,1H3. The first-order valence-electron chi connectivity index (χ1n) is 6.17. The van der Waals surface area contributed by atoms with Crippen molar-refractivity contribution in [2.75, 3.05) is 18.0 Å². The molecule has 0 amide bonds. The average molecular weight is 235 g/mol. The number of alkyl halides is 1. The van der Waals surface area contributed by atoms with E-state index < -0.39 is 6.17 Å². The second kappa shape index (κ2) is 5.30. The molecule has 0 aliphatic carbocycles. The van der Waals surface area contributed by atoms with Crippen molar-refractivity contribution < 1.29 is 9.18 Å². The van der Waals surface area contributed by atoms with Crippen LogP contribution in [0.2, 0.25) is 0 Å². The van der Waals surface area contributed by atoms with Crippen molar-refractivity contribution in [3.63, 3.8) is 0 Å². The number of Topliss-reactive ketones (excluding diaryl/α,β-unsaturated/α-hetero) is 1. The molecule has 1 aliphatic heterocycles. The first-order chi connectivity index (χ1) is 8.18. The van der Waals surface area contributed by atoms with Gasteiger partial charge in [-0.25, -0.2) is 4.39 Å². The predicted octanol–water partition coefficient (Wildman–Crippen LogP) is 3.22. The molecule has 0 bridgehead atoms. The highest BCUT2D eigenvalue weighted by Crippen LogP contribution is 2.24. The quantitative estimate of drug-likeness (QED) is 0.734. The molecule has 0 saturated carbocycles. The Hall–Kier alpha value is -1.38. The number of carbonyl (C=O) groups is 1. The van der Waals surface area contributed by atoms with Crippen molar-refractivity contribution in [1.82, 2.24) is 0 Å². The van der Waals surface area contributed by atoms with Crippen LogP contribution in [0.5, 0.6) is 0 Å². The van der Waals surface area contributed by atoms with E-state index in [-0.39, 0.29) is 5.78 Å². The van der Waals surface area contributed by atoms with E-state index in [1.54, 1.807) is 6.92 Å². The summed E-state index contributed by atoms with van der Waals surface area (Å²) >= 11 is 0. The number of nitrogens with zero attached hydrogens (tertiary/aromatic N) is 1. The summed E-state index contributed by atoms with van der Waals surface area (Å²) in [5.74, 6) is 0.0710. The average Bonchev–Trinajstić information content (AvgIpc) is 2.54. The number of ketones is 1. The first kappa shape index (κ1) is 12.1. The van der Waals surface area contributed by atoms with Gasteiger partial charge in [0.1, 0.15) is 6.17 Å². The minimum absolute atomic E-state index is 0.0710. The fourth-order valence-corrected chi connectivity index (χ4v) is 2.34. The zero-order chi connectivity index (χ0) is 12.3. The summed E-state index contributed by atoms with van der Waals surface area (Å²) in [4.78, 5) is 13.7. The highest BCUT2D eigenvalue weighted by atomic mass is 19.1. The van der Waals surface area contributed by atoms with Crippen molar-refractivity contribution in [2.45, 2.75) is 32.4 Å². The second-order valence-corrected chi connectivity index (χ2v) is 4.59. The summed E-state index contributed by atoms with van der Waals surface area (Å²) in [6.07, 6.45) is 1.36. The van der Waals surface area contributed by atoms with Gasteiger partial charge in [0.15, 0.2) is 5.78 Å². The maximum Gasteiger partial charge on any atom is 0.161 e. The van der Waals surface area contributed by atoms with E-state index in [4.69, 9.17) is 0 Å². The molecule has 0 spiro atoms. The van der Waals surface area contributed by atoms with E-state index in [0.717, 1.165) is 24.2 Å². The van der Waals surface area contributed by atoms with Crippen LogP contribution in [0.4, 0.5) is 10.1 Å². The van der Waals surface area contributed by atoms with Crippen LogP contribution >= 0.6 is 0 Å². The third-order valence-corrected chi connectivity index (χ3v) is 3.28. The van der Waals surface area contributed by atoms with Crippen LogP contribution in [-0.2, 0) is 0 Å². The Kier molecular flexibility index (Phi) is 3.77. The zero-order valence-corrected chi connectivity index (χ0v) is 10.2. The van der Waals surface area contributed by atoms with Crippen LogP contribution in [0.1, 0.15) is 36.5 Å². The smallest absolute Gasteiger partial charge is 0.161 e. The van der Waals surface area contributed by atoms with E-state index in [9.17, 15) is 9.18 Å². The molecule has 1 aliphatic rings. The van der Waals surface area contributed by atoms with E-state index in [2.05, 4.69) is 4.90 Å². The molecule has 1 atom stereocenters. The van der Waals surface area contributed by atoms with Crippen LogP contribution in [0.25, 0.3) is 0 Å². The van der Waals surface area contributed by atoms with Gasteiger partial charge in [-0.15, -0.1) is 0 Å². The lowest BCUT2D eigenvalue weighted by Gasteiger charge is -2.24. The molecule has 92 valence electrons. The Labute approximate surface area is 101 Å². The molecule has 1 fully saturated rings. The van der Waals surface area contributed by atoms with Crippen LogP contribution in [0.15, 0.2) is 24.3 Å². The van der Waals surface area contributed by atoms with Crippen molar-refractivity contribution in [2.24, 2.45) is 0 Å². The Morgan fingerprint density at radius 1 is 1.29 bits per heavy atom. The monoisotopic (exact) mass is 235 g/mol. The molecular formula is C14H18FNO. The highest BCUT2D eigenvalue weighted by molar-refractivity contribution is 5.99. The van der Waals surface area contributed by atoms with Gasteiger partial charge in [0, 0.05) is 24.3 Å². The summed E-state index contributed by atoms with van der Waals surface area (Å²) in [5.41, 5.74) is 1.69. The third kappa shape index (κ3) is 2.84. The molecular weight excluding hydrogens is 217 g/mol. The van der Waals surface area contributed by atoms with Crippen LogP contribution in [0, 0.1) is 0 Å². The number of hydrogen-bond donors (Lipinski definition) is 0. The number of rotatable bonds is 2. The van der Waals surface area contributed by atoms with E-state index >= 15 is 0 Å². The van der Waals surface area contributed by atoms with Gasteiger partial charge in [-0.3, -0.25) is 4.79 Å². The zero-order valence-electron chi connectivity index (χ0n) is 10.2. The van der Waals surface area contributed by atoms with Crippen molar-refractivity contribution >= 4 is 11.5 Å². The first-order valence-corrected chi connectivity index (χ1v) is 6.17. The lowest BCUT2D eigenvalue weighted by molar-refractivity contribution is 0.101. The maximum atomic E-state index is 13.3. The molecule has 1 aromatic carbocycles. The fraction of sp³-hybridized carbons (Fsp3) is 0.500. The summed E-state index contributed by atoms with van der Waals surface area (Å²) < 4.78 is 13.3. The molecule has 1 heterocycles. The van der Waals surface area contributed by atoms with Crippen LogP contribution < -0.4 is 4.90 Å². The minimum atomic E-state index is -0.690. The minimum Gasteiger partial charge on any atom is -0.371 e. The SMILES string of the molecule is CC(=O)c1ccccc1N1CCCC(F)CC1. The van der Waals surface area contributed by atoms with E-state index in [1.807, 2.05) is 24.3 Å². The number of anilines is 1. The Morgan fingerprint density at radius 3 is 2.82 bits per heavy atom. The van der Waals surface area contributed by atoms with Gasteiger partial charge in [-0.1, -0.05) is 12.1 Å². The summed E-state index contributed by atoms with van der Waals surface area (Å²) in [5, 5.41) is 0. The van der Waals surface area contributed by atoms with Crippen LogP contribution in [-0.4, -0.2) is 25.0 Å². The Balaban J connectivity index is 2.24. The van der Waals surface area contributed by atoms with Gasteiger partial charge < -0.3 is 4.90 Å². The van der Waals surface area contributed by atoms with Crippen LogP contribution in [0.3, 0.4) is 0 Å². The normalized spacial score (nSPS) is 21.1. The van der Waals surface area contributed by atoms with Gasteiger partial charge in [-0.2, -0.15) is 0 Å². The summed E-state index contributed by atoms with van der Waals surface area (Å²) in [6, 6.07) is 7.60. The molecule has 17 heavy (non-hydrogen) atoms. The lowest BCUT2D eigenvalue weighted by Crippen LogP contribution is -2.26. The molecule has 2 nitrogen and oxygen atoms in total. The van der Waals surface area contributed by atoms with Crippen molar-refractivity contribution in [3.05, 3.63) is 29.8 Å². The third-order valence-electron chi connectivity index (χ3n) is 3.28. The van der Waals surface area contributed by atoms with Gasteiger partial charge in [0.05, 0.1) is 0 Å². The van der Waals surface area contributed by atoms with Gasteiger partial charge in [-0.05, 0) is 38.3 Å². The molecule has 3 heteroatoms. The lowest BCUT2D eigenvalue weighted by atomic mass is 10.1. The van der Waals surface area contributed by atoms with Gasteiger partial charge >= 0.3 is 0 Å². The number of para-hydroxylation sites is 1. The van der Waals surface area contributed by atoms with E-state index in [1.165, 1.54) is 0 Å². The molecule has 1 unspecified atom stereocenters. The molecule has 0 aromatic heterocycles. The van der Waals surface area contributed by atoms with Gasteiger partial charge in [0.2, 0.25) is 0 Å². The van der Waals surface area contributed by atoms with Crippen molar-refractivity contribution in [1.29, 1.82) is 0 Å².